The van der Waals surface area contributed by atoms with Gasteiger partial charge in [-0.1, -0.05) is 12.1 Å². The molecule has 14 heavy (non-hydrogen) atoms. The standard InChI is InChI=1S/C11H11N3/c12-6-4-10(13)8-2-1-3-11-9(8)5-7-14-11/h1-3,5,7,10,14H,4,13H2. The highest BCUT2D eigenvalue weighted by atomic mass is 14.7. The van der Waals surface area contributed by atoms with Crippen LogP contribution in [0.4, 0.5) is 0 Å². The van der Waals surface area contributed by atoms with Gasteiger partial charge in [0.25, 0.3) is 0 Å². The molecule has 2 aromatic rings. The number of benzene rings is 1. The number of H-pyrrole nitrogens is 1. The Morgan fingerprint density at radius 2 is 2.29 bits per heavy atom. The number of nitrogens with zero attached hydrogens (tertiary/aromatic N) is 1. The van der Waals surface area contributed by atoms with E-state index in [2.05, 4.69) is 11.1 Å². The Morgan fingerprint density at radius 1 is 1.43 bits per heavy atom. The topological polar surface area (TPSA) is 65.6 Å². The first-order valence-electron chi connectivity index (χ1n) is 4.51. The first kappa shape index (κ1) is 8.79. The first-order chi connectivity index (χ1) is 6.83. The van der Waals surface area contributed by atoms with E-state index in [0.717, 1.165) is 16.5 Å². The van der Waals surface area contributed by atoms with Crippen molar-refractivity contribution < 1.29 is 0 Å². The highest BCUT2D eigenvalue weighted by Gasteiger charge is 2.09. The molecule has 1 heterocycles. The summed E-state index contributed by atoms with van der Waals surface area (Å²) >= 11 is 0. The molecule has 2 rings (SSSR count). The summed E-state index contributed by atoms with van der Waals surface area (Å²) in [5, 5.41) is 9.69. The molecule has 1 atom stereocenters. The molecule has 0 saturated carbocycles. The van der Waals surface area contributed by atoms with E-state index in [1.54, 1.807) is 0 Å². The minimum Gasteiger partial charge on any atom is -0.361 e. The largest absolute Gasteiger partial charge is 0.361 e. The summed E-state index contributed by atoms with van der Waals surface area (Å²) in [5.74, 6) is 0. The Bertz CT molecular complexity index is 478. The van der Waals surface area contributed by atoms with Gasteiger partial charge in [-0.25, -0.2) is 0 Å². The monoisotopic (exact) mass is 185 g/mol. The summed E-state index contributed by atoms with van der Waals surface area (Å²) in [6, 6.07) is 9.80. The van der Waals surface area contributed by atoms with Crippen LogP contribution in [0.3, 0.4) is 0 Å². The van der Waals surface area contributed by atoms with Gasteiger partial charge in [0.2, 0.25) is 0 Å². The third-order valence-electron chi connectivity index (χ3n) is 2.34. The number of fused-ring (bicyclic) bond motifs is 1. The second kappa shape index (κ2) is 3.52. The van der Waals surface area contributed by atoms with E-state index >= 15 is 0 Å². The lowest BCUT2D eigenvalue weighted by atomic mass is 10.0. The van der Waals surface area contributed by atoms with E-state index in [0.29, 0.717) is 6.42 Å². The van der Waals surface area contributed by atoms with Gasteiger partial charge >= 0.3 is 0 Å². The number of aromatic amines is 1. The summed E-state index contributed by atoms with van der Waals surface area (Å²) in [7, 11) is 0. The van der Waals surface area contributed by atoms with Crippen LogP contribution in [0, 0.1) is 11.3 Å². The van der Waals surface area contributed by atoms with E-state index in [4.69, 9.17) is 11.0 Å². The van der Waals surface area contributed by atoms with Crippen LogP contribution in [-0.2, 0) is 0 Å². The first-order valence-corrected chi connectivity index (χ1v) is 4.51. The molecule has 0 aliphatic heterocycles. The summed E-state index contributed by atoms with van der Waals surface area (Å²) in [4.78, 5) is 3.12. The summed E-state index contributed by atoms with van der Waals surface area (Å²) in [6.45, 7) is 0. The Kier molecular flexibility index (Phi) is 2.21. The Balaban J connectivity index is 2.51. The molecule has 1 aromatic carbocycles. The van der Waals surface area contributed by atoms with Gasteiger partial charge in [0.05, 0.1) is 12.5 Å². The quantitative estimate of drug-likeness (QED) is 0.752. The minimum atomic E-state index is -0.195. The van der Waals surface area contributed by atoms with Crippen molar-refractivity contribution in [2.24, 2.45) is 5.73 Å². The van der Waals surface area contributed by atoms with E-state index < -0.39 is 0 Å². The lowest BCUT2D eigenvalue weighted by Gasteiger charge is -2.08. The molecule has 3 heteroatoms. The average molecular weight is 185 g/mol. The van der Waals surface area contributed by atoms with Crippen LogP contribution in [0.25, 0.3) is 10.9 Å². The van der Waals surface area contributed by atoms with Crippen molar-refractivity contribution in [3.63, 3.8) is 0 Å². The third kappa shape index (κ3) is 1.36. The third-order valence-corrected chi connectivity index (χ3v) is 2.34. The fourth-order valence-corrected chi connectivity index (χ4v) is 1.64. The van der Waals surface area contributed by atoms with Crippen LogP contribution in [0.1, 0.15) is 18.0 Å². The van der Waals surface area contributed by atoms with Crippen LogP contribution in [0.2, 0.25) is 0 Å². The second-order valence-electron chi connectivity index (χ2n) is 3.25. The molecule has 70 valence electrons. The fourth-order valence-electron chi connectivity index (χ4n) is 1.64. The maximum Gasteiger partial charge on any atom is 0.0641 e. The zero-order valence-corrected chi connectivity index (χ0v) is 7.70. The molecule has 3 nitrogen and oxygen atoms in total. The van der Waals surface area contributed by atoms with Gasteiger partial charge < -0.3 is 10.7 Å². The Hall–Kier alpha value is -1.79. The second-order valence-corrected chi connectivity index (χ2v) is 3.25. The molecule has 0 aliphatic carbocycles. The smallest absolute Gasteiger partial charge is 0.0641 e. The number of nitrogens with two attached hydrogens (primary N) is 1. The highest BCUT2D eigenvalue weighted by molar-refractivity contribution is 5.83. The Labute approximate surface area is 82.1 Å². The molecule has 0 amide bonds. The van der Waals surface area contributed by atoms with Crippen LogP contribution < -0.4 is 5.73 Å². The van der Waals surface area contributed by atoms with Gasteiger partial charge in [0, 0.05) is 23.1 Å². The van der Waals surface area contributed by atoms with Crippen molar-refractivity contribution in [2.45, 2.75) is 12.5 Å². The molecule has 3 N–H and O–H groups in total. The maximum atomic E-state index is 8.58. The van der Waals surface area contributed by atoms with Crippen molar-refractivity contribution in [1.29, 1.82) is 5.26 Å². The van der Waals surface area contributed by atoms with Gasteiger partial charge in [-0.15, -0.1) is 0 Å². The molecule has 0 fully saturated rings. The zero-order valence-electron chi connectivity index (χ0n) is 7.70. The SMILES string of the molecule is N#CCC(N)c1cccc2[nH]ccc12. The van der Waals surface area contributed by atoms with E-state index in [-0.39, 0.29) is 6.04 Å². The van der Waals surface area contributed by atoms with Gasteiger partial charge in [-0.05, 0) is 17.7 Å². The molecule has 0 radical (unpaired) electrons. The van der Waals surface area contributed by atoms with Gasteiger partial charge in [0.1, 0.15) is 0 Å². The van der Waals surface area contributed by atoms with E-state index in [1.807, 2.05) is 30.5 Å². The number of hydrogen-bond donors (Lipinski definition) is 2. The Morgan fingerprint density at radius 3 is 3.07 bits per heavy atom. The minimum absolute atomic E-state index is 0.195. The molecule has 0 spiro atoms. The highest BCUT2D eigenvalue weighted by Crippen LogP contribution is 2.23. The van der Waals surface area contributed by atoms with Crippen LogP contribution in [0.15, 0.2) is 30.5 Å². The summed E-state index contributed by atoms with van der Waals surface area (Å²) in [5.41, 5.74) is 7.99. The van der Waals surface area contributed by atoms with Gasteiger partial charge in [0.15, 0.2) is 0 Å². The molecule has 0 aliphatic rings. The molecular formula is C11H11N3. The lowest BCUT2D eigenvalue weighted by molar-refractivity contribution is 0.755. The van der Waals surface area contributed by atoms with Crippen LogP contribution in [0.5, 0.6) is 0 Å². The van der Waals surface area contributed by atoms with Crippen molar-refractivity contribution in [1.82, 2.24) is 4.98 Å². The summed E-state index contributed by atoms with van der Waals surface area (Å²) in [6.07, 6.45) is 2.23. The number of nitrogens with one attached hydrogen (secondary N) is 1. The van der Waals surface area contributed by atoms with Crippen LogP contribution >= 0.6 is 0 Å². The van der Waals surface area contributed by atoms with Gasteiger partial charge in [-0.2, -0.15) is 5.26 Å². The predicted octanol–water partition coefficient (Wildman–Crippen LogP) is 2.08. The molecule has 1 unspecified atom stereocenters. The van der Waals surface area contributed by atoms with Gasteiger partial charge in [-0.3, -0.25) is 0 Å². The fraction of sp³-hybridized carbons (Fsp3) is 0.182. The van der Waals surface area contributed by atoms with Crippen molar-refractivity contribution in [2.75, 3.05) is 0 Å². The maximum absolute atomic E-state index is 8.58. The lowest BCUT2D eigenvalue weighted by Crippen LogP contribution is -2.09. The predicted molar refractivity (Wildman–Crippen MR) is 55.5 cm³/mol. The van der Waals surface area contributed by atoms with Crippen LogP contribution in [-0.4, -0.2) is 4.98 Å². The number of hydrogen-bond acceptors (Lipinski definition) is 2. The normalized spacial score (nSPS) is 12.6. The molecule has 0 saturated heterocycles. The number of aromatic nitrogens is 1. The zero-order chi connectivity index (χ0) is 9.97. The molecular weight excluding hydrogens is 174 g/mol. The summed E-state index contributed by atoms with van der Waals surface area (Å²) < 4.78 is 0. The number of nitriles is 1. The number of rotatable bonds is 2. The molecule has 0 bridgehead atoms. The molecule has 1 aromatic heterocycles. The van der Waals surface area contributed by atoms with E-state index in [9.17, 15) is 0 Å². The van der Waals surface area contributed by atoms with Crippen molar-refractivity contribution in [3.8, 4) is 6.07 Å². The van der Waals surface area contributed by atoms with E-state index in [1.165, 1.54) is 0 Å². The van der Waals surface area contributed by atoms with Crippen molar-refractivity contribution >= 4 is 10.9 Å². The average Bonchev–Trinajstić information content (AvgIpc) is 2.65. The van der Waals surface area contributed by atoms with Crippen molar-refractivity contribution in [3.05, 3.63) is 36.0 Å².